The summed E-state index contributed by atoms with van der Waals surface area (Å²) >= 11 is 1.55. The molecule has 2 aromatic heterocycles. The van der Waals surface area contributed by atoms with E-state index in [1.165, 1.54) is 6.42 Å². The van der Waals surface area contributed by atoms with Gasteiger partial charge in [0.15, 0.2) is 6.61 Å². The number of carbonyl (C=O) groups is 1. The van der Waals surface area contributed by atoms with Crippen molar-refractivity contribution in [1.29, 1.82) is 0 Å². The van der Waals surface area contributed by atoms with Gasteiger partial charge in [-0.05, 0) is 42.8 Å². The Hall–Kier alpha value is -2.67. The Morgan fingerprint density at radius 3 is 2.88 bits per heavy atom. The second kappa shape index (κ2) is 7.70. The topological polar surface area (TPSA) is 68.5 Å². The molecule has 1 aromatic carbocycles. The number of likely N-dealkylation sites (tertiary alicyclic amines) is 1. The lowest BCUT2D eigenvalue weighted by Gasteiger charge is -2.26. The van der Waals surface area contributed by atoms with Crippen molar-refractivity contribution in [2.45, 2.75) is 19.3 Å². The molecule has 3 aromatic rings. The molecule has 0 saturated carbocycles. The Bertz CT molecular complexity index is 870. The number of aromatic nitrogens is 2. The number of amides is 1. The van der Waals surface area contributed by atoms with Crippen molar-refractivity contribution < 1.29 is 14.1 Å². The monoisotopic (exact) mass is 369 g/mol. The fourth-order valence-electron chi connectivity index (χ4n) is 2.95. The summed E-state index contributed by atoms with van der Waals surface area (Å²) in [4.78, 5) is 19.5. The van der Waals surface area contributed by atoms with Crippen LogP contribution < -0.4 is 4.74 Å². The van der Waals surface area contributed by atoms with Crippen molar-refractivity contribution in [1.82, 2.24) is 15.0 Å². The van der Waals surface area contributed by atoms with Gasteiger partial charge in [-0.2, -0.15) is 4.98 Å². The van der Waals surface area contributed by atoms with Crippen LogP contribution in [-0.2, 0) is 4.79 Å². The molecule has 26 heavy (non-hydrogen) atoms. The van der Waals surface area contributed by atoms with Gasteiger partial charge in [0.25, 0.3) is 11.8 Å². The van der Waals surface area contributed by atoms with E-state index in [9.17, 15) is 4.79 Å². The molecule has 0 N–H and O–H groups in total. The molecule has 1 aliphatic rings. The van der Waals surface area contributed by atoms with Gasteiger partial charge < -0.3 is 14.2 Å². The van der Waals surface area contributed by atoms with Crippen molar-refractivity contribution in [3.8, 4) is 27.9 Å². The highest BCUT2D eigenvalue weighted by Gasteiger charge is 2.17. The van der Waals surface area contributed by atoms with Gasteiger partial charge in [0.05, 0.1) is 4.88 Å². The first kappa shape index (κ1) is 16.8. The van der Waals surface area contributed by atoms with Gasteiger partial charge in [0.1, 0.15) is 5.75 Å². The molecule has 0 bridgehead atoms. The minimum absolute atomic E-state index is 0.0367. The number of piperidine rings is 1. The molecule has 0 atom stereocenters. The summed E-state index contributed by atoms with van der Waals surface area (Å²) in [5.41, 5.74) is 0.791. The van der Waals surface area contributed by atoms with Crippen LogP contribution in [0.3, 0.4) is 0 Å². The predicted octanol–water partition coefficient (Wildman–Crippen LogP) is 3.86. The quantitative estimate of drug-likeness (QED) is 0.683. The standard InChI is InChI=1S/C19H19N3O3S/c23-17(22-9-2-1-3-10-22)13-24-15-7-4-6-14(12-15)18-20-19(25-21-18)16-8-5-11-26-16/h4-8,11-12H,1-3,9-10,13H2. The minimum Gasteiger partial charge on any atom is -0.484 e. The van der Waals surface area contributed by atoms with Crippen molar-refractivity contribution in [2.75, 3.05) is 19.7 Å². The summed E-state index contributed by atoms with van der Waals surface area (Å²) in [7, 11) is 0. The molecule has 0 unspecified atom stereocenters. The van der Waals surface area contributed by atoms with Gasteiger partial charge in [-0.1, -0.05) is 23.4 Å². The van der Waals surface area contributed by atoms with E-state index in [-0.39, 0.29) is 12.5 Å². The predicted molar refractivity (Wildman–Crippen MR) is 99.0 cm³/mol. The van der Waals surface area contributed by atoms with E-state index in [0.29, 0.717) is 17.5 Å². The van der Waals surface area contributed by atoms with Crippen LogP contribution in [-0.4, -0.2) is 40.6 Å². The maximum absolute atomic E-state index is 12.2. The Morgan fingerprint density at radius 2 is 2.08 bits per heavy atom. The van der Waals surface area contributed by atoms with Crippen molar-refractivity contribution in [3.63, 3.8) is 0 Å². The number of ether oxygens (including phenoxy) is 1. The highest BCUT2D eigenvalue weighted by molar-refractivity contribution is 7.13. The number of nitrogens with zero attached hydrogens (tertiary/aromatic N) is 3. The third kappa shape index (κ3) is 3.77. The lowest BCUT2D eigenvalue weighted by molar-refractivity contribution is -0.134. The van der Waals surface area contributed by atoms with E-state index in [0.717, 1.165) is 36.4 Å². The van der Waals surface area contributed by atoms with E-state index in [2.05, 4.69) is 10.1 Å². The van der Waals surface area contributed by atoms with Gasteiger partial charge in [0, 0.05) is 18.7 Å². The Morgan fingerprint density at radius 1 is 1.19 bits per heavy atom. The fraction of sp³-hybridized carbons (Fsp3) is 0.316. The van der Waals surface area contributed by atoms with Crippen LogP contribution in [0.4, 0.5) is 0 Å². The average Bonchev–Trinajstić information content (AvgIpc) is 3.38. The van der Waals surface area contributed by atoms with Crippen LogP contribution in [0.2, 0.25) is 0 Å². The first-order valence-electron chi connectivity index (χ1n) is 8.68. The summed E-state index contributed by atoms with van der Waals surface area (Å²) in [6.45, 7) is 1.71. The van der Waals surface area contributed by atoms with E-state index in [4.69, 9.17) is 9.26 Å². The molecule has 134 valence electrons. The number of hydrogen-bond donors (Lipinski definition) is 0. The molecule has 4 rings (SSSR count). The SMILES string of the molecule is O=C(COc1cccc(-c2noc(-c3cccs3)n2)c1)N1CCCCC1. The van der Waals surface area contributed by atoms with Gasteiger partial charge in [-0.3, -0.25) is 4.79 Å². The number of carbonyl (C=O) groups excluding carboxylic acids is 1. The van der Waals surface area contributed by atoms with E-state index in [1.54, 1.807) is 11.3 Å². The number of rotatable bonds is 5. The Labute approximate surface area is 155 Å². The number of hydrogen-bond acceptors (Lipinski definition) is 6. The fourth-order valence-corrected chi connectivity index (χ4v) is 3.59. The summed E-state index contributed by atoms with van der Waals surface area (Å²) in [5.74, 6) is 1.66. The molecule has 0 radical (unpaired) electrons. The molecule has 0 spiro atoms. The normalized spacial score (nSPS) is 14.4. The van der Waals surface area contributed by atoms with Crippen LogP contribution in [0.25, 0.3) is 22.2 Å². The summed E-state index contributed by atoms with van der Waals surface area (Å²) in [5, 5.41) is 6.01. The van der Waals surface area contributed by atoms with Gasteiger partial charge in [0.2, 0.25) is 5.82 Å². The second-order valence-corrected chi connectivity index (χ2v) is 7.11. The molecule has 7 heteroatoms. The van der Waals surface area contributed by atoms with Crippen molar-refractivity contribution in [2.24, 2.45) is 0 Å². The van der Waals surface area contributed by atoms with Crippen LogP contribution in [0.5, 0.6) is 5.75 Å². The third-order valence-electron chi connectivity index (χ3n) is 4.32. The maximum Gasteiger partial charge on any atom is 0.268 e. The highest BCUT2D eigenvalue weighted by Crippen LogP contribution is 2.27. The lowest BCUT2D eigenvalue weighted by Crippen LogP contribution is -2.38. The Balaban J connectivity index is 1.42. The van der Waals surface area contributed by atoms with E-state index < -0.39 is 0 Å². The molecule has 1 aliphatic heterocycles. The maximum atomic E-state index is 12.2. The van der Waals surface area contributed by atoms with Gasteiger partial charge in [-0.25, -0.2) is 0 Å². The molecule has 1 amide bonds. The summed E-state index contributed by atoms with van der Waals surface area (Å²) in [6.07, 6.45) is 3.35. The third-order valence-corrected chi connectivity index (χ3v) is 5.18. The molecule has 6 nitrogen and oxygen atoms in total. The van der Waals surface area contributed by atoms with E-state index >= 15 is 0 Å². The zero-order valence-corrected chi connectivity index (χ0v) is 15.1. The zero-order valence-electron chi connectivity index (χ0n) is 14.3. The average molecular weight is 369 g/mol. The molecule has 3 heterocycles. The van der Waals surface area contributed by atoms with Crippen molar-refractivity contribution >= 4 is 17.2 Å². The summed E-state index contributed by atoms with van der Waals surface area (Å²) in [6, 6.07) is 11.3. The smallest absolute Gasteiger partial charge is 0.268 e. The second-order valence-electron chi connectivity index (χ2n) is 6.16. The van der Waals surface area contributed by atoms with Crippen molar-refractivity contribution in [3.05, 3.63) is 41.8 Å². The van der Waals surface area contributed by atoms with Crippen LogP contribution in [0, 0.1) is 0 Å². The zero-order chi connectivity index (χ0) is 17.8. The first-order chi connectivity index (χ1) is 12.8. The molecule has 1 fully saturated rings. The van der Waals surface area contributed by atoms with Crippen LogP contribution in [0.1, 0.15) is 19.3 Å². The molecular weight excluding hydrogens is 350 g/mol. The highest BCUT2D eigenvalue weighted by atomic mass is 32.1. The number of thiophene rings is 1. The van der Waals surface area contributed by atoms with Crippen LogP contribution in [0.15, 0.2) is 46.3 Å². The summed E-state index contributed by atoms with van der Waals surface area (Å²) < 4.78 is 11.0. The molecule has 1 saturated heterocycles. The van der Waals surface area contributed by atoms with Crippen LogP contribution >= 0.6 is 11.3 Å². The largest absolute Gasteiger partial charge is 0.484 e. The molecule has 0 aliphatic carbocycles. The molecular formula is C19H19N3O3S. The first-order valence-corrected chi connectivity index (χ1v) is 9.56. The Kier molecular flexibility index (Phi) is 4.97. The van der Waals surface area contributed by atoms with Gasteiger partial charge in [-0.15, -0.1) is 11.3 Å². The van der Waals surface area contributed by atoms with E-state index in [1.807, 2.05) is 46.7 Å². The van der Waals surface area contributed by atoms with Gasteiger partial charge >= 0.3 is 0 Å². The lowest BCUT2D eigenvalue weighted by atomic mass is 10.1. The number of benzene rings is 1. The minimum atomic E-state index is 0.0367.